The monoisotopic (exact) mass is 391 g/mol. The van der Waals surface area contributed by atoms with Crippen molar-refractivity contribution in [3.8, 4) is 0 Å². The summed E-state index contributed by atoms with van der Waals surface area (Å²) in [5.74, 6) is -0.230. The first-order valence-corrected chi connectivity index (χ1v) is 9.95. The predicted octanol–water partition coefficient (Wildman–Crippen LogP) is 3.27. The fourth-order valence-corrected chi connectivity index (χ4v) is 4.24. The molecule has 0 spiro atoms. The summed E-state index contributed by atoms with van der Waals surface area (Å²) < 4.78 is 14.8. The minimum Gasteiger partial charge on any atom is -0.338 e. The average molecular weight is 391 g/mol. The van der Waals surface area contributed by atoms with E-state index in [1.807, 2.05) is 12.3 Å². The Kier molecular flexibility index (Phi) is 5.73. The van der Waals surface area contributed by atoms with Crippen LogP contribution in [0.3, 0.4) is 0 Å². The zero-order valence-corrected chi connectivity index (χ0v) is 16.1. The summed E-state index contributed by atoms with van der Waals surface area (Å²) in [4.78, 5) is 31.7. The minimum absolute atomic E-state index is 0.0812. The van der Waals surface area contributed by atoms with Gasteiger partial charge in [-0.2, -0.15) is 0 Å². The number of thiophene rings is 1. The van der Waals surface area contributed by atoms with Crippen LogP contribution in [0.1, 0.15) is 12.5 Å². The largest absolute Gasteiger partial charge is 0.338 e. The van der Waals surface area contributed by atoms with Gasteiger partial charge in [-0.25, -0.2) is 9.37 Å². The lowest BCUT2D eigenvalue weighted by molar-refractivity contribution is -0.128. The van der Waals surface area contributed by atoms with Crippen molar-refractivity contribution in [2.45, 2.75) is 18.6 Å². The molecule has 0 N–H and O–H groups in total. The van der Waals surface area contributed by atoms with Gasteiger partial charge in [0.05, 0.1) is 11.1 Å². The Morgan fingerprint density at radius 3 is 2.92 bits per heavy atom. The van der Waals surface area contributed by atoms with E-state index in [0.717, 1.165) is 5.56 Å². The van der Waals surface area contributed by atoms with Crippen LogP contribution in [0.25, 0.3) is 10.2 Å². The number of carbonyl (C=O) groups is 1. The standard InChI is InChI=1S/C18H18FN3O2S2/c1-3-22(10-12-5-4-6-13(19)9-12)15(23)11-26-18-20-16-14(7-8-25-16)17(24)21(18)2/h4-9H,3,10-11H2,1-2H3. The van der Waals surface area contributed by atoms with Gasteiger partial charge in [0.2, 0.25) is 5.91 Å². The predicted molar refractivity (Wildman–Crippen MR) is 103 cm³/mol. The quantitative estimate of drug-likeness (QED) is 0.478. The molecule has 0 saturated carbocycles. The van der Waals surface area contributed by atoms with Crippen molar-refractivity contribution in [2.24, 2.45) is 7.05 Å². The van der Waals surface area contributed by atoms with E-state index >= 15 is 0 Å². The Bertz CT molecular complexity index is 1000. The molecule has 26 heavy (non-hydrogen) atoms. The Labute approximate surface area is 158 Å². The highest BCUT2D eigenvalue weighted by Gasteiger charge is 2.16. The van der Waals surface area contributed by atoms with Gasteiger partial charge in [-0.15, -0.1) is 11.3 Å². The summed E-state index contributed by atoms with van der Waals surface area (Å²) in [5.41, 5.74) is 0.633. The van der Waals surface area contributed by atoms with Crippen LogP contribution in [-0.2, 0) is 18.4 Å². The number of carbonyl (C=O) groups excluding carboxylic acids is 1. The van der Waals surface area contributed by atoms with Crippen molar-refractivity contribution in [2.75, 3.05) is 12.3 Å². The average Bonchev–Trinajstić information content (AvgIpc) is 3.10. The molecule has 0 saturated heterocycles. The number of thioether (sulfide) groups is 1. The van der Waals surface area contributed by atoms with E-state index in [9.17, 15) is 14.0 Å². The fourth-order valence-electron chi connectivity index (χ4n) is 2.56. The second kappa shape index (κ2) is 8.01. The molecule has 0 aliphatic rings. The van der Waals surface area contributed by atoms with Gasteiger partial charge in [-0.3, -0.25) is 14.2 Å². The maximum Gasteiger partial charge on any atom is 0.262 e. The lowest BCUT2D eigenvalue weighted by Crippen LogP contribution is -2.32. The molecule has 3 rings (SSSR count). The molecular weight excluding hydrogens is 373 g/mol. The third-order valence-electron chi connectivity index (χ3n) is 3.99. The topological polar surface area (TPSA) is 55.2 Å². The van der Waals surface area contributed by atoms with E-state index in [-0.39, 0.29) is 23.0 Å². The Hall–Kier alpha value is -2.19. The minimum atomic E-state index is -0.316. The second-order valence-corrected chi connectivity index (χ2v) is 7.56. The molecule has 2 heterocycles. The molecule has 0 radical (unpaired) electrons. The highest BCUT2D eigenvalue weighted by Crippen LogP contribution is 2.21. The van der Waals surface area contributed by atoms with E-state index in [4.69, 9.17) is 0 Å². The molecule has 1 aromatic carbocycles. The van der Waals surface area contributed by atoms with Crippen molar-refractivity contribution in [1.29, 1.82) is 0 Å². The Morgan fingerprint density at radius 2 is 2.19 bits per heavy atom. The maximum absolute atomic E-state index is 13.3. The normalized spacial score (nSPS) is 11.0. The Morgan fingerprint density at radius 1 is 1.38 bits per heavy atom. The molecule has 136 valence electrons. The summed E-state index contributed by atoms with van der Waals surface area (Å²) >= 11 is 2.64. The van der Waals surface area contributed by atoms with E-state index in [1.165, 1.54) is 39.8 Å². The second-order valence-electron chi connectivity index (χ2n) is 5.72. The molecule has 0 bridgehead atoms. The van der Waals surface area contributed by atoms with Crippen molar-refractivity contribution < 1.29 is 9.18 Å². The molecule has 8 heteroatoms. The fraction of sp³-hybridized carbons (Fsp3) is 0.278. The van der Waals surface area contributed by atoms with Crippen molar-refractivity contribution in [3.05, 3.63) is 57.4 Å². The van der Waals surface area contributed by atoms with Crippen molar-refractivity contribution in [3.63, 3.8) is 0 Å². The van der Waals surface area contributed by atoms with Crippen LogP contribution < -0.4 is 5.56 Å². The number of hydrogen-bond donors (Lipinski definition) is 0. The van der Waals surface area contributed by atoms with Gasteiger partial charge in [0.1, 0.15) is 10.6 Å². The number of nitrogens with zero attached hydrogens (tertiary/aromatic N) is 3. The summed E-state index contributed by atoms with van der Waals surface area (Å²) in [6, 6.07) is 7.99. The molecule has 5 nitrogen and oxygen atoms in total. The molecule has 2 aromatic heterocycles. The summed E-state index contributed by atoms with van der Waals surface area (Å²) in [6.07, 6.45) is 0. The number of amides is 1. The third-order valence-corrected chi connectivity index (χ3v) is 5.81. The number of benzene rings is 1. The van der Waals surface area contributed by atoms with Crippen LogP contribution >= 0.6 is 23.1 Å². The third kappa shape index (κ3) is 3.96. The van der Waals surface area contributed by atoms with Crippen LogP contribution in [0.15, 0.2) is 45.7 Å². The van der Waals surface area contributed by atoms with Gasteiger partial charge in [0.25, 0.3) is 5.56 Å². The number of rotatable bonds is 6. The Balaban J connectivity index is 1.71. The highest BCUT2D eigenvalue weighted by molar-refractivity contribution is 7.99. The van der Waals surface area contributed by atoms with E-state index < -0.39 is 0 Å². The van der Waals surface area contributed by atoms with Gasteiger partial charge < -0.3 is 4.90 Å². The van der Waals surface area contributed by atoms with Crippen LogP contribution in [0.5, 0.6) is 0 Å². The lowest BCUT2D eigenvalue weighted by Gasteiger charge is -2.21. The van der Waals surface area contributed by atoms with Gasteiger partial charge in [0.15, 0.2) is 5.16 Å². The van der Waals surface area contributed by atoms with Crippen LogP contribution in [0.2, 0.25) is 0 Å². The van der Waals surface area contributed by atoms with Crippen molar-refractivity contribution >= 4 is 39.2 Å². The SMILES string of the molecule is CCN(Cc1cccc(F)c1)C(=O)CSc1nc2sccc2c(=O)n1C. The van der Waals surface area contributed by atoms with Gasteiger partial charge >= 0.3 is 0 Å². The highest BCUT2D eigenvalue weighted by atomic mass is 32.2. The van der Waals surface area contributed by atoms with Gasteiger partial charge in [-0.1, -0.05) is 23.9 Å². The lowest BCUT2D eigenvalue weighted by atomic mass is 10.2. The molecule has 0 fully saturated rings. The molecule has 0 unspecified atom stereocenters. The number of hydrogen-bond acceptors (Lipinski definition) is 5. The zero-order valence-electron chi connectivity index (χ0n) is 14.4. The molecule has 1 amide bonds. The first-order valence-electron chi connectivity index (χ1n) is 8.09. The van der Waals surface area contributed by atoms with Gasteiger partial charge in [0, 0.05) is 20.1 Å². The molecule has 0 atom stereocenters. The first-order chi connectivity index (χ1) is 12.5. The molecule has 3 aromatic rings. The van der Waals surface area contributed by atoms with Crippen LogP contribution in [0, 0.1) is 5.82 Å². The first kappa shape index (κ1) is 18.6. The summed E-state index contributed by atoms with van der Waals surface area (Å²) in [5, 5.41) is 2.94. The molecule has 0 aliphatic carbocycles. The zero-order chi connectivity index (χ0) is 18.7. The number of fused-ring (bicyclic) bond motifs is 1. The van der Waals surface area contributed by atoms with E-state index in [2.05, 4.69) is 4.98 Å². The number of halogens is 1. The summed E-state index contributed by atoms with van der Waals surface area (Å²) in [7, 11) is 1.66. The van der Waals surface area contributed by atoms with Crippen molar-refractivity contribution in [1.82, 2.24) is 14.5 Å². The van der Waals surface area contributed by atoms with Crippen LogP contribution in [-0.4, -0.2) is 32.7 Å². The smallest absolute Gasteiger partial charge is 0.262 e. The van der Waals surface area contributed by atoms with Crippen LogP contribution in [0.4, 0.5) is 4.39 Å². The van der Waals surface area contributed by atoms with Gasteiger partial charge in [-0.05, 0) is 36.1 Å². The summed E-state index contributed by atoms with van der Waals surface area (Å²) in [6.45, 7) is 2.75. The van der Waals surface area contributed by atoms with E-state index in [0.29, 0.717) is 28.5 Å². The molecular formula is C18H18FN3O2S2. The molecule has 0 aliphatic heterocycles. The van der Waals surface area contributed by atoms with E-state index in [1.54, 1.807) is 30.1 Å². The number of aromatic nitrogens is 2. The maximum atomic E-state index is 13.3.